The average molecular weight is 262 g/mol. The quantitative estimate of drug-likeness (QED) is 0.867. The number of hydrogen-bond acceptors (Lipinski definition) is 3. The van der Waals surface area contributed by atoms with Gasteiger partial charge in [-0.05, 0) is 18.9 Å². The number of pyridine rings is 1. The van der Waals surface area contributed by atoms with Crippen molar-refractivity contribution in [3.05, 3.63) is 16.1 Å². The van der Waals surface area contributed by atoms with Crippen LogP contribution in [-0.2, 0) is 0 Å². The van der Waals surface area contributed by atoms with Crippen molar-refractivity contribution < 1.29 is 0 Å². The van der Waals surface area contributed by atoms with E-state index in [1.165, 1.54) is 0 Å². The number of rotatable bonds is 4. The van der Waals surface area contributed by atoms with Crippen LogP contribution < -0.4 is 11.1 Å². The van der Waals surface area contributed by atoms with Gasteiger partial charge in [-0.1, -0.05) is 43.5 Å². The number of anilines is 2. The molecular weight excluding hydrogens is 245 g/mol. The zero-order valence-electron chi connectivity index (χ0n) is 9.72. The summed E-state index contributed by atoms with van der Waals surface area (Å²) in [5.74, 6) is 1.43. The summed E-state index contributed by atoms with van der Waals surface area (Å²) >= 11 is 11.8. The second kappa shape index (κ2) is 5.60. The van der Waals surface area contributed by atoms with E-state index in [1.807, 2.05) is 0 Å². The largest absolute Gasteiger partial charge is 0.382 e. The van der Waals surface area contributed by atoms with Crippen molar-refractivity contribution in [1.82, 2.24) is 4.98 Å². The van der Waals surface area contributed by atoms with Gasteiger partial charge < -0.3 is 11.1 Å². The molecule has 5 heteroatoms. The van der Waals surface area contributed by atoms with Gasteiger partial charge in [-0.2, -0.15) is 0 Å². The number of aromatic nitrogens is 1. The fraction of sp³-hybridized carbons (Fsp3) is 0.545. The van der Waals surface area contributed by atoms with Gasteiger partial charge in [0.15, 0.2) is 0 Å². The molecule has 1 aromatic rings. The van der Waals surface area contributed by atoms with E-state index in [9.17, 15) is 0 Å². The molecule has 0 fully saturated rings. The van der Waals surface area contributed by atoms with Crippen molar-refractivity contribution in [2.24, 2.45) is 5.92 Å². The van der Waals surface area contributed by atoms with E-state index in [1.54, 1.807) is 6.07 Å². The Morgan fingerprint density at radius 1 is 1.38 bits per heavy atom. The Kier molecular flexibility index (Phi) is 4.69. The van der Waals surface area contributed by atoms with Crippen LogP contribution in [0.5, 0.6) is 0 Å². The van der Waals surface area contributed by atoms with Crippen LogP contribution in [0, 0.1) is 5.92 Å². The van der Waals surface area contributed by atoms with Gasteiger partial charge in [-0.25, -0.2) is 4.98 Å². The summed E-state index contributed by atoms with van der Waals surface area (Å²) in [6.07, 6.45) is 1.09. The molecule has 2 atom stereocenters. The van der Waals surface area contributed by atoms with E-state index in [0.29, 0.717) is 27.6 Å². The lowest BCUT2D eigenvalue weighted by molar-refractivity contribution is 0.493. The van der Waals surface area contributed by atoms with Gasteiger partial charge in [-0.3, -0.25) is 0 Å². The van der Waals surface area contributed by atoms with E-state index in [0.717, 1.165) is 6.42 Å². The van der Waals surface area contributed by atoms with Crippen molar-refractivity contribution in [3.63, 3.8) is 0 Å². The lowest BCUT2D eigenvalue weighted by Gasteiger charge is -2.21. The Labute approximate surface area is 106 Å². The summed E-state index contributed by atoms with van der Waals surface area (Å²) < 4.78 is 0. The van der Waals surface area contributed by atoms with Crippen LogP contribution in [0.25, 0.3) is 0 Å². The highest BCUT2D eigenvalue weighted by Gasteiger charge is 2.13. The average Bonchev–Trinajstić information content (AvgIpc) is 2.24. The number of nitrogens with one attached hydrogen (secondary N) is 1. The van der Waals surface area contributed by atoms with Crippen molar-refractivity contribution in [2.45, 2.75) is 33.2 Å². The molecule has 0 bridgehead atoms. The molecular formula is C11H17Cl2N3. The molecule has 0 radical (unpaired) electrons. The number of nitrogens with zero attached hydrogens (tertiary/aromatic N) is 1. The Bertz CT molecular complexity index is 368. The highest BCUT2D eigenvalue weighted by Crippen LogP contribution is 2.28. The Morgan fingerprint density at radius 3 is 2.56 bits per heavy atom. The van der Waals surface area contributed by atoms with Gasteiger partial charge in [0.1, 0.15) is 11.6 Å². The third-order valence-electron chi connectivity index (χ3n) is 2.82. The van der Waals surface area contributed by atoms with Gasteiger partial charge in [0.2, 0.25) is 0 Å². The highest BCUT2D eigenvalue weighted by molar-refractivity contribution is 6.37. The molecule has 0 aromatic carbocycles. The smallest absolute Gasteiger partial charge is 0.147 e. The first-order chi connectivity index (χ1) is 7.45. The number of nitrogen functional groups attached to an aromatic ring is 1. The summed E-state index contributed by atoms with van der Waals surface area (Å²) in [5, 5.41) is 4.12. The molecule has 3 N–H and O–H groups in total. The second-order valence-corrected chi connectivity index (χ2v) is 4.82. The zero-order valence-corrected chi connectivity index (χ0v) is 11.2. The normalized spacial score (nSPS) is 14.6. The molecule has 1 aromatic heterocycles. The second-order valence-electron chi connectivity index (χ2n) is 4.00. The van der Waals surface area contributed by atoms with Crippen LogP contribution in [0.4, 0.5) is 11.6 Å². The number of nitrogens with two attached hydrogens (primary N) is 1. The van der Waals surface area contributed by atoms with Crippen molar-refractivity contribution in [3.8, 4) is 0 Å². The molecule has 1 heterocycles. The van der Waals surface area contributed by atoms with Crippen LogP contribution in [0.15, 0.2) is 6.07 Å². The first-order valence-electron chi connectivity index (χ1n) is 5.33. The van der Waals surface area contributed by atoms with Gasteiger partial charge >= 0.3 is 0 Å². The van der Waals surface area contributed by atoms with Crippen LogP contribution in [-0.4, -0.2) is 11.0 Å². The SMILES string of the molecule is CCC(C)C(C)Nc1nc(N)c(Cl)cc1Cl. The fourth-order valence-electron chi connectivity index (χ4n) is 1.29. The lowest BCUT2D eigenvalue weighted by Crippen LogP contribution is -2.24. The van der Waals surface area contributed by atoms with E-state index >= 15 is 0 Å². The van der Waals surface area contributed by atoms with Crippen LogP contribution in [0.2, 0.25) is 10.0 Å². The monoisotopic (exact) mass is 261 g/mol. The van der Waals surface area contributed by atoms with Gasteiger partial charge in [-0.15, -0.1) is 0 Å². The maximum Gasteiger partial charge on any atom is 0.147 e. The summed E-state index contributed by atoms with van der Waals surface area (Å²) in [5.41, 5.74) is 5.63. The predicted molar refractivity (Wildman–Crippen MR) is 71.2 cm³/mol. The molecule has 0 aliphatic rings. The predicted octanol–water partition coefficient (Wildman–Crippen LogP) is 3.82. The molecule has 2 unspecified atom stereocenters. The van der Waals surface area contributed by atoms with Gasteiger partial charge in [0.05, 0.1) is 10.0 Å². The van der Waals surface area contributed by atoms with Crippen molar-refractivity contribution >= 4 is 34.8 Å². The highest BCUT2D eigenvalue weighted by atomic mass is 35.5. The van der Waals surface area contributed by atoms with E-state index in [2.05, 4.69) is 31.1 Å². The molecule has 0 amide bonds. The van der Waals surface area contributed by atoms with Gasteiger partial charge in [0.25, 0.3) is 0 Å². The van der Waals surface area contributed by atoms with Crippen molar-refractivity contribution in [2.75, 3.05) is 11.1 Å². The standard InChI is InChI=1S/C11H17Cl2N3/c1-4-6(2)7(3)15-11-9(13)5-8(12)10(14)16-11/h5-7H,4H2,1-3H3,(H3,14,15,16). The third kappa shape index (κ3) is 3.16. The Balaban J connectivity index is 2.85. The van der Waals surface area contributed by atoms with E-state index < -0.39 is 0 Å². The Morgan fingerprint density at radius 2 is 2.00 bits per heavy atom. The fourth-order valence-corrected chi connectivity index (χ4v) is 1.71. The molecule has 0 spiro atoms. The number of halogens is 2. The molecule has 0 aliphatic heterocycles. The summed E-state index contributed by atoms with van der Waals surface area (Å²) in [4.78, 5) is 4.13. The zero-order chi connectivity index (χ0) is 12.3. The topological polar surface area (TPSA) is 50.9 Å². The first-order valence-corrected chi connectivity index (χ1v) is 6.09. The van der Waals surface area contributed by atoms with Crippen molar-refractivity contribution in [1.29, 1.82) is 0 Å². The molecule has 3 nitrogen and oxygen atoms in total. The molecule has 0 saturated heterocycles. The van der Waals surface area contributed by atoms with Crippen LogP contribution >= 0.6 is 23.2 Å². The summed E-state index contributed by atoms with van der Waals surface area (Å²) in [7, 11) is 0. The maximum absolute atomic E-state index is 6.03. The minimum absolute atomic E-state index is 0.288. The number of hydrogen-bond donors (Lipinski definition) is 2. The summed E-state index contributed by atoms with van der Waals surface area (Å²) in [6.45, 7) is 6.41. The first kappa shape index (κ1) is 13.4. The molecule has 1 rings (SSSR count). The Hall–Kier alpha value is -0.670. The summed E-state index contributed by atoms with van der Waals surface area (Å²) in [6, 6.07) is 1.90. The minimum atomic E-state index is 0.288. The molecule has 16 heavy (non-hydrogen) atoms. The molecule has 90 valence electrons. The van der Waals surface area contributed by atoms with E-state index in [4.69, 9.17) is 28.9 Å². The van der Waals surface area contributed by atoms with E-state index in [-0.39, 0.29) is 6.04 Å². The lowest BCUT2D eigenvalue weighted by atomic mass is 10.0. The molecule has 0 saturated carbocycles. The third-order valence-corrected chi connectivity index (χ3v) is 3.41. The minimum Gasteiger partial charge on any atom is -0.382 e. The van der Waals surface area contributed by atoms with Crippen LogP contribution in [0.1, 0.15) is 27.2 Å². The maximum atomic E-state index is 6.03. The molecule has 0 aliphatic carbocycles. The van der Waals surface area contributed by atoms with Crippen LogP contribution in [0.3, 0.4) is 0 Å². The van der Waals surface area contributed by atoms with Gasteiger partial charge in [0, 0.05) is 6.04 Å².